The molecule has 7 nitrogen and oxygen atoms in total. The zero-order chi connectivity index (χ0) is 18.3. The van der Waals surface area contributed by atoms with Gasteiger partial charge in [-0.3, -0.25) is 10.1 Å². The van der Waals surface area contributed by atoms with Crippen LogP contribution in [0.2, 0.25) is 0 Å². The first kappa shape index (κ1) is 16.3. The molecule has 1 aromatic heterocycles. The van der Waals surface area contributed by atoms with Crippen molar-refractivity contribution in [3.8, 4) is 5.75 Å². The quantitative estimate of drug-likeness (QED) is 0.532. The van der Waals surface area contributed by atoms with Gasteiger partial charge in [-0.25, -0.2) is 4.98 Å². The van der Waals surface area contributed by atoms with Crippen LogP contribution >= 0.6 is 0 Å². The number of nitro benzene ring substituents is 1. The second-order valence-electron chi connectivity index (χ2n) is 6.23. The van der Waals surface area contributed by atoms with Crippen LogP contribution in [0.3, 0.4) is 0 Å². The van der Waals surface area contributed by atoms with Gasteiger partial charge in [0.05, 0.1) is 29.6 Å². The average molecular weight is 356 g/mol. The summed E-state index contributed by atoms with van der Waals surface area (Å²) in [5, 5.41) is 14.2. The lowest BCUT2D eigenvalue weighted by molar-refractivity contribution is -0.386. The Balaban J connectivity index is 1.70. The summed E-state index contributed by atoms with van der Waals surface area (Å²) in [6.45, 7) is 0.249. The molecule has 0 amide bonds. The third-order valence-electron chi connectivity index (χ3n) is 4.47. The molecule has 0 saturated heterocycles. The van der Waals surface area contributed by atoms with Crippen molar-refractivity contribution >= 4 is 22.4 Å². The standard InChI is InChI=1S/C18H17FN4O3/c1-26-12-8-13(19)18(23(24)25)15(9-12)20-10-17-21-14-4-2-3-5-16(14)22(17)11-6-7-11/h2-5,8-9,11,20H,6-7,10H2,1H3. The normalized spacial score (nSPS) is 13.8. The smallest absolute Gasteiger partial charge is 0.327 e. The number of para-hydroxylation sites is 2. The Labute approximate surface area is 148 Å². The molecule has 3 aromatic rings. The number of rotatable bonds is 6. The van der Waals surface area contributed by atoms with Gasteiger partial charge in [0.2, 0.25) is 5.82 Å². The largest absolute Gasteiger partial charge is 0.497 e. The first-order valence-corrected chi connectivity index (χ1v) is 8.30. The van der Waals surface area contributed by atoms with E-state index in [-0.39, 0.29) is 18.0 Å². The molecular weight excluding hydrogens is 339 g/mol. The molecule has 0 atom stereocenters. The highest BCUT2D eigenvalue weighted by Crippen LogP contribution is 2.39. The van der Waals surface area contributed by atoms with Crippen molar-refractivity contribution in [2.24, 2.45) is 0 Å². The highest BCUT2D eigenvalue weighted by Gasteiger charge is 2.28. The molecule has 134 valence electrons. The molecule has 2 aromatic carbocycles. The zero-order valence-electron chi connectivity index (χ0n) is 14.1. The number of benzene rings is 2. The molecule has 1 N–H and O–H groups in total. The first-order valence-electron chi connectivity index (χ1n) is 8.30. The van der Waals surface area contributed by atoms with E-state index < -0.39 is 16.4 Å². The number of anilines is 1. The highest BCUT2D eigenvalue weighted by molar-refractivity contribution is 5.76. The Morgan fingerprint density at radius 3 is 2.85 bits per heavy atom. The van der Waals surface area contributed by atoms with Crippen molar-refractivity contribution in [1.82, 2.24) is 9.55 Å². The topological polar surface area (TPSA) is 82.2 Å². The third-order valence-corrected chi connectivity index (χ3v) is 4.47. The van der Waals surface area contributed by atoms with E-state index in [4.69, 9.17) is 4.74 Å². The van der Waals surface area contributed by atoms with Crippen molar-refractivity contribution in [3.05, 3.63) is 58.2 Å². The molecule has 4 rings (SSSR count). The fourth-order valence-corrected chi connectivity index (χ4v) is 3.15. The molecule has 0 bridgehead atoms. The molecule has 1 aliphatic carbocycles. The molecule has 0 spiro atoms. The van der Waals surface area contributed by atoms with Crippen LogP contribution in [0.1, 0.15) is 24.7 Å². The molecule has 1 aliphatic rings. The van der Waals surface area contributed by atoms with Crippen molar-refractivity contribution in [2.75, 3.05) is 12.4 Å². The lowest BCUT2D eigenvalue weighted by Gasteiger charge is -2.11. The summed E-state index contributed by atoms with van der Waals surface area (Å²) in [5.41, 5.74) is 1.39. The van der Waals surface area contributed by atoms with E-state index in [0.717, 1.165) is 35.8 Å². The molecule has 0 unspecified atom stereocenters. The number of halogens is 1. The summed E-state index contributed by atoms with van der Waals surface area (Å²) < 4.78 is 21.3. The van der Waals surface area contributed by atoms with E-state index in [1.54, 1.807) is 0 Å². The van der Waals surface area contributed by atoms with Crippen LogP contribution in [-0.2, 0) is 6.54 Å². The van der Waals surface area contributed by atoms with Crippen LogP contribution in [-0.4, -0.2) is 21.6 Å². The maximum absolute atomic E-state index is 14.1. The van der Waals surface area contributed by atoms with Crippen LogP contribution in [0.25, 0.3) is 11.0 Å². The number of hydrogen-bond acceptors (Lipinski definition) is 5. The Morgan fingerprint density at radius 1 is 1.38 bits per heavy atom. The van der Waals surface area contributed by atoms with Gasteiger partial charge in [0.25, 0.3) is 0 Å². The molecule has 1 saturated carbocycles. The minimum Gasteiger partial charge on any atom is -0.497 e. The van der Waals surface area contributed by atoms with Gasteiger partial charge in [0.1, 0.15) is 17.3 Å². The summed E-state index contributed by atoms with van der Waals surface area (Å²) in [5.74, 6) is 0.0464. The van der Waals surface area contributed by atoms with Gasteiger partial charge in [-0.1, -0.05) is 12.1 Å². The Morgan fingerprint density at radius 2 is 2.15 bits per heavy atom. The lowest BCUT2D eigenvalue weighted by Crippen LogP contribution is -2.10. The minimum atomic E-state index is -0.937. The zero-order valence-corrected chi connectivity index (χ0v) is 14.1. The number of ether oxygens (including phenoxy) is 1. The predicted molar refractivity (Wildman–Crippen MR) is 94.9 cm³/mol. The highest BCUT2D eigenvalue weighted by atomic mass is 19.1. The summed E-state index contributed by atoms with van der Waals surface area (Å²) in [6.07, 6.45) is 2.17. The molecular formula is C18H17FN4O3. The average Bonchev–Trinajstić information content (AvgIpc) is 3.39. The summed E-state index contributed by atoms with van der Waals surface area (Å²) in [6, 6.07) is 10.7. The number of nitrogens with zero attached hydrogens (tertiary/aromatic N) is 3. The fourth-order valence-electron chi connectivity index (χ4n) is 3.15. The number of imidazole rings is 1. The molecule has 0 aliphatic heterocycles. The fraction of sp³-hybridized carbons (Fsp3) is 0.278. The molecule has 8 heteroatoms. The summed E-state index contributed by atoms with van der Waals surface area (Å²) in [7, 11) is 1.39. The van der Waals surface area contributed by atoms with Crippen molar-refractivity contribution in [1.29, 1.82) is 0 Å². The van der Waals surface area contributed by atoms with Crippen LogP contribution in [0.4, 0.5) is 15.8 Å². The molecule has 0 radical (unpaired) electrons. The van der Waals surface area contributed by atoms with Crippen molar-refractivity contribution in [3.63, 3.8) is 0 Å². The Bertz CT molecular complexity index is 998. The van der Waals surface area contributed by atoms with Gasteiger partial charge in [0, 0.05) is 18.2 Å². The van der Waals surface area contributed by atoms with E-state index in [1.165, 1.54) is 13.2 Å². The molecule has 1 fully saturated rings. The number of hydrogen-bond donors (Lipinski definition) is 1. The third kappa shape index (κ3) is 2.83. The van der Waals surface area contributed by atoms with Crippen molar-refractivity contribution < 1.29 is 14.1 Å². The van der Waals surface area contributed by atoms with Crippen LogP contribution < -0.4 is 10.1 Å². The van der Waals surface area contributed by atoms with Crippen LogP contribution in [0.15, 0.2) is 36.4 Å². The second-order valence-corrected chi connectivity index (χ2v) is 6.23. The van der Waals surface area contributed by atoms with E-state index in [0.29, 0.717) is 6.04 Å². The summed E-state index contributed by atoms with van der Waals surface area (Å²) in [4.78, 5) is 15.1. The maximum atomic E-state index is 14.1. The minimum absolute atomic E-state index is 0.0706. The van der Waals surface area contributed by atoms with E-state index in [9.17, 15) is 14.5 Å². The van der Waals surface area contributed by atoms with Crippen molar-refractivity contribution in [2.45, 2.75) is 25.4 Å². The molecule has 1 heterocycles. The van der Waals surface area contributed by atoms with Gasteiger partial charge in [-0.05, 0) is 25.0 Å². The Hall–Kier alpha value is -3.16. The number of aromatic nitrogens is 2. The number of nitro groups is 1. The van der Waals surface area contributed by atoms with Gasteiger partial charge >= 0.3 is 5.69 Å². The summed E-state index contributed by atoms with van der Waals surface area (Å²) >= 11 is 0. The second kappa shape index (κ2) is 6.29. The maximum Gasteiger partial charge on any atom is 0.327 e. The number of nitrogens with one attached hydrogen (secondary N) is 1. The Kier molecular flexibility index (Phi) is 3.95. The van der Waals surface area contributed by atoms with Gasteiger partial charge in [0.15, 0.2) is 0 Å². The van der Waals surface area contributed by atoms with E-state index in [1.807, 2.05) is 24.3 Å². The monoisotopic (exact) mass is 356 g/mol. The van der Waals surface area contributed by atoms with Gasteiger partial charge < -0.3 is 14.6 Å². The predicted octanol–water partition coefficient (Wildman–Crippen LogP) is 4.04. The molecule has 26 heavy (non-hydrogen) atoms. The van der Waals surface area contributed by atoms with Gasteiger partial charge in [-0.15, -0.1) is 0 Å². The van der Waals surface area contributed by atoms with Gasteiger partial charge in [-0.2, -0.15) is 4.39 Å². The number of fused-ring (bicyclic) bond motifs is 1. The van der Waals surface area contributed by atoms with Crippen LogP contribution in [0.5, 0.6) is 5.75 Å². The van der Waals surface area contributed by atoms with E-state index >= 15 is 0 Å². The SMILES string of the molecule is COc1cc(F)c([N+](=O)[O-])c(NCc2nc3ccccc3n2C2CC2)c1. The van der Waals surface area contributed by atoms with Crippen LogP contribution in [0, 0.1) is 15.9 Å². The lowest BCUT2D eigenvalue weighted by atomic mass is 10.2. The number of methoxy groups -OCH3 is 1. The van der Waals surface area contributed by atoms with E-state index in [2.05, 4.69) is 14.9 Å². The first-order chi connectivity index (χ1) is 12.6.